The number of aliphatic hydroxyl groups is 1. The lowest BCUT2D eigenvalue weighted by molar-refractivity contribution is 0.00300. The molecule has 6 nitrogen and oxygen atoms in total. The number of aromatic nitrogens is 2. The number of nitrogens with zero attached hydrogens (tertiary/aromatic N) is 3. The molecule has 0 aliphatic rings. The second-order valence-electron chi connectivity index (χ2n) is 9.71. The standard InChI is InChI=1S/C31H37N3O3/c1-23(2)33(19-28(35)22-36-21-26-11-7-5-8-12-26)20-30-25(4)32-34(27-13-9-6-10-14-27)31(30)37-29-17-15-24(3)16-18-29/h5-18,23,28,35H,19-22H2,1-4H3. The molecule has 0 aliphatic heterocycles. The second-order valence-corrected chi connectivity index (χ2v) is 9.71. The van der Waals surface area contributed by atoms with Gasteiger partial charge >= 0.3 is 0 Å². The monoisotopic (exact) mass is 499 g/mol. The Bertz CT molecular complexity index is 1240. The zero-order chi connectivity index (χ0) is 26.2. The summed E-state index contributed by atoms with van der Waals surface area (Å²) >= 11 is 0. The van der Waals surface area contributed by atoms with Crippen molar-refractivity contribution in [1.29, 1.82) is 0 Å². The van der Waals surface area contributed by atoms with Gasteiger partial charge in [0.2, 0.25) is 5.88 Å². The molecule has 1 N–H and O–H groups in total. The zero-order valence-corrected chi connectivity index (χ0v) is 22.2. The summed E-state index contributed by atoms with van der Waals surface area (Å²) in [7, 11) is 0. The van der Waals surface area contributed by atoms with Crippen molar-refractivity contribution >= 4 is 0 Å². The van der Waals surface area contributed by atoms with Crippen LogP contribution in [0.4, 0.5) is 0 Å². The van der Waals surface area contributed by atoms with E-state index in [2.05, 4.69) is 25.7 Å². The number of rotatable bonds is 12. The molecule has 194 valence electrons. The first-order valence-corrected chi connectivity index (χ1v) is 12.8. The fraction of sp³-hybridized carbons (Fsp3) is 0.323. The molecule has 0 radical (unpaired) electrons. The number of hydrogen-bond acceptors (Lipinski definition) is 5. The van der Waals surface area contributed by atoms with E-state index in [1.54, 1.807) is 0 Å². The van der Waals surface area contributed by atoms with Crippen LogP contribution in [-0.4, -0.2) is 45.1 Å². The lowest BCUT2D eigenvalue weighted by atomic mass is 10.2. The van der Waals surface area contributed by atoms with E-state index in [1.165, 1.54) is 5.56 Å². The van der Waals surface area contributed by atoms with E-state index < -0.39 is 6.10 Å². The van der Waals surface area contributed by atoms with Gasteiger partial charge in [0.05, 0.1) is 36.3 Å². The molecule has 1 unspecified atom stereocenters. The third-order valence-electron chi connectivity index (χ3n) is 6.33. The summed E-state index contributed by atoms with van der Waals surface area (Å²) in [4.78, 5) is 2.23. The van der Waals surface area contributed by atoms with Crippen LogP contribution in [-0.2, 0) is 17.9 Å². The number of hydrogen-bond donors (Lipinski definition) is 1. The van der Waals surface area contributed by atoms with Gasteiger partial charge in [-0.3, -0.25) is 4.90 Å². The highest BCUT2D eigenvalue weighted by molar-refractivity contribution is 5.43. The quantitative estimate of drug-likeness (QED) is 0.256. The van der Waals surface area contributed by atoms with Gasteiger partial charge in [0.1, 0.15) is 5.75 Å². The van der Waals surface area contributed by atoms with Gasteiger partial charge in [0, 0.05) is 19.1 Å². The summed E-state index contributed by atoms with van der Waals surface area (Å²) in [5.41, 5.74) is 5.10. The summed E-state index contributed by atoms with van der Waals surface area (Å²) in [6.07, 6.45) is -0.614. The van der Waals surface area contributed by atoms with Gasteiger partial charge in [0.15, 0.2) is 0 Å². The van der Waals surface area contributed by atoms with Gasteiger partial charge in [-0.25, -0.2) is 4.68 Å². The van der Waals surface area contributed by atoms with E-state index in [9.17, 15) is 5.11 Å². The van der Waals surface area contributed by atoms with Gasteiger partial charge in [0.25, 0.3) is 0 Å². The molecule has 0 saturated carbocycles. The zero-order valence-electron chi connectivity index (χ0n) is 22.2. The lowest BCUT2D eigenvalue weighted by Crippen LogP contribution is -2.39. The second kappa shape index (κ2) is 12.7. The Morgan fingerprint density at radius 2 is 1.54 bits per heavy atom. The summed E-state index contributed by atoms with van der Waals surface area (Å²) < 4.78 is 14.1. The van der Waals surface area contributed by atoms with Crippen molar-refractivity contribution < 1.29 is 14.6 Å². The molecule has 0 fully saturated rings. The van der Waals surface area contributed by atoms with Crippen molar-refractivity contribution in [2.45, 2.75) is 53.0 Å². The fourth-order valence-corrected chi connectivity index (χ4v) is 4.16. The van der Waals surface area contributed by atoms with Crippen LogP contribution in [0.3, 0.4) is 0 Å². The predicted octanol–water partition coefficient (Wildman–Crippen LogP) is 6.07. The van der Waals surface area contributed by atoms with E-state index in [1.807, 2.05) is 96.5 Å². The molecule has 37 heavy (non-hydrogen) atoms. The minimum Gasteiger partial charge on any atom is -0.439 e. The van der Waals surface area contributed by atoms with Gasteiger partial charge < -0.3 is 14.6 Å². The van der Waals surface area contributed by atoms with Crippen molar-refractivity contribution in [3.8, 4) is 17.3 Å². The molecule has 3 aromatic carbocycles. The van der Waals surface area contributed by atoms with Crippen molar-refractivity contribution in [2.75, 3.05) is 13.2 Å². The van der Waals surface area contributed by atoms with Crippen LogP contribution < -0.4 is 4.74 Å². The van der Waals surface area contributed by atoms with Gasteiger partial charge in [-0.2, -0.15) is 5.10 Å². The average molecular weight is 500 g/mol. The maximum Gasteiger partial charge on any atom is 0.227 e. The van der Waals surface area contributed by atoms with E-state index in [0.717, 1.165) is 28.3 Å². The predicted molar refractivity (Wildman–Crippen MR) is 147 cm³/mol. The first-order chi connectivity index (χ1) is 17.9. The minimum absolute atomic E-state index is 0.204. The van der Waals surface area contributed by atoms with E-state index in [-0.39, 0.29) is 12.6 Å². The maximum absolute atomic E-state index is 10.8. The minimum atomic E-state index is -0.614. The summed E-state index contributed by atoms with van der Waals surface area (Å²) in [5.74, 6) is 1.45. The third-order valence-corrected chi connectivity index (χ3v) is 6.33. The molecule has 0 spiro atoms. The average Bonchev–Trinajstić information content (AvgIpc) is 3.20. The molecule has 1 atom stereocenters. The van der Waals surface area contributed by atoms with Gasteiger partial charge in [-0.05, 0) is 57.5 Å². The number of benzene rings is 3. The van der Waals surface area contributed by atoms with Crippen molar-refractivity contribution in [1.82, 2.24) is 14.7 Å². The van der Waals surface area contributed by atoms with Crippen LogP contribution in [0.1, 0.15) is 36.2 Å². The van der Waals surface area contributed by atoms with Crippen LogP contribution in [0, 0.1) is 13.8 Å². The van der Waals surface area contributed by atoms with Crippen molar-refractivity contribution in [3.63, 3.8) is 0 Å². The Morgan fingerprint density at radius 1 is 0.892 bits per heavy atom. The summed E-state index contributed by atoms with van der Waals surface area (Å²) in [6.45, 7) is 10.2. The Hall–Kier alpha value is -3.45. The Balaban J connectivity index is 1.53. The molecule has 1 heterocycles. The number of aryl methyl sites for hydroxylation is 2. The molecule has 0 saturated heterocycles. The van der Waals surface area contributed by atoms with Crippen LogP contribution in [0.2, 0.25) is 0 Å². The third kappa shape index (κ3) is 7.29. The normalized spacial score (nSPS) is 12.3. The Kier molecular flexibility index (Phi) is 9.12. The molecule has 4 aromatic rings. The smallest absolute Gasteiger partial charge is 0.227 e. The molecule has 0 aliphatic carbocycles. The van der Waals surface area contributed by atoms with Crippen LogP contribution in [0.15, 0.2) is 84.9 Å². The summed E-state index contributed by atoms with van der Waals surface area (Å²) in [6, 6.07) is 28.3. The highest BCUT2D eigenvalue weighted by Gasteiger charge is 2.24. The van der Waals surface area contributed by atoms with E-state index >= 15 is 0 Å². The van der Waals surface area contributed by atoms with E-state index in [4.69, 9.17) is 14.6 Å². The number of ether oxygens (including phenoxy) is 2. The molecule has 0 bridgehead atoms. The molecule has 4 rings (SSSR count). The first-order valence-electron chi connectivity index (χ1n) is 12.8. The topological polar surface area (TPSA) is 59.8 Å². The lowest BCUT2D eigenvalue weighted by Gasteiger charge is -2.29. The maximum atomic E-state index is 10.8. The summed E-state index contributed by atoms with van der Waals surface area (Å²) in [5, 5.41) is 15.6. The highest BCUT2D eigenvalue weighted by atomic mass is 16.5. The molecule has 6 heteroatoms. The largest absolute Gasteiger partial charge is 0.439 e. The van der Waals surface area contributed by atoms with Crippen LogP contribution >= 0.6 is 0 Å². The van der Waals surface area contributed by atoms with Gasteiger partial charge in [-0.1, -0.05) is 66.2 Å². The van der Waals surface area contributed by atoms with Crippen LogP contribution in [0.25, 0.3) is 5.69 Å². The highest BCUT2D eigenvalue weighted by Crippen LogP contribution is 2.32. The van der Waals surface area contributed by atoms with Crippen molar-refractivity contribution in [2.24, 2.45) is 0 Å². The SMILES string of the molecule is Cc1ccc(Oc2c(CN(CC(O)COCc3ccccc3)C(C)C)c(C)nn2-c2ccccc2)cc1. The van der Waals surface area contributed by atoms with Gasteiger partial charge in [-0.15, -0.1) is 0 Å². The molecule has 0 amide bonds. The molecular formula is C31H37N3O3. The van der Waals surface area contributed by atoms with Crippen LogP contribution in [0.5, 0.6) is 11.6 Å². The number of aliphatic hydroxyl groups excluding tert-OH is 1. The molecular weight excluding hydrogens is 462 g/mol. The molecule has 1 aromatic heterocycles. The Labute approximate surface area is 220 Å². The van der Waals surface area contributed by atoms with Crippen molar-refractivity contribution in [3.05, 3.63) is 107 Å². The Morgan fingerprint density at radius 3 is 2.19 bits per heavy atom. The number of para-hydroxylation sites is 1. The van der Waals surface area contributed by atoms with E-state index in [0.29, 0.717) is 25.6 Å². The first kappa shape index (κ1) is 26.6. The fourth-order valence-electron chi connectivity index (χ4n) is 4.16.